The fraction of sp³-hybridized carbons (Fsp3) is 0.500. The Balaban J connectivity index is 2.16. The van der Waals surface area contributed by atoms with Crippen molar-refractivity contribution in [1.82, 2.24) is 25.7 Å². The number of carbonyl (C=O) groups is 1. The van der Waals surface area contributed by atoms with Crippen LogP contribution in [0, 0.1) is 20.8 Å². The van der Waals surface area contributed by atoms with Crippen molar-refractivity contribution in [3.8, 4) is 0 Å². The van der Waals surface area contributed by atoms with Crippen LogP contribution >= 0.6 is 11.3 Å². The number of nitrogens with zero attached hydrogens (tertiary/aromatic N) is 3. The molecule has 0 aliphatic carbocycles. The third kappa shape index (κ3) is 2.81. The van der Waals surface area contributed by atoms with Crippen LogP contribution in [0.3, 0.4) is 0 Å². The molecule has 1 unspecified atom stereocenters. The summed E-state index contributed by atoms with van der Waals surface area (Å²) in [6, 6.07) is -0.0824. The van der Waals surface area contributed by atoms with E-state index >= 15 is 0 Å². The quantitative estimate of drug-likeness (QED) is 0.897. The Kier molecular flexibility index (Phi) is 3.94. The zero-order valence-corrected chi connectivity index (χ0v) is 12.3. The number of carbonyl (C=O) groups excluding carboxylic acids is 1. The molecule has 0 aliphatic rings. The minimum absolute atomic E-state index is 0.0824. The number of aromatic amines is 1. The van der Waals surface area contributed by atoms with Crippen molar-refractivity contribution in [2.45, 2.75) is 40.2 Å². The van der Waals surface area contributed by atoms with Gasteiger partial charge in [-0.15, -0.1) is 11.3 Å². The Bertz CT molecular complexity index is 569. The third-order valence-electron chi connectivity index (χ3n) is 2.99. The summed E-state index contributed by atoms with van der Waals surface area (Å²) in [7, 11) is 0. The molecule has 0 fully saturated rings. The van der Waals surface area contributed by atoms with E-state index in [-0.39, 0.29) is 11.9 Å². The number of rotatable bonds is 4. The maximum atomic E-state index is 12.1. The lowest BCUT2D eigenvalue weighted by molar-refractivity contribution is 0.0929. The summed E-state index contributed by atoms with van der Waals surface area (Å²) in [5, 5.41) is 14.0. The van der Waals surface area contributed by atoms with Crippen LogP contribution in [0.5, 0.6) is 0 Å². The Morgan fingerprint density at radius 2 is 2.05 bits per heavy atom. The van der Waals surface area contributed by atoms with E-state index in [1.165, 1.54) is 4.88 Å². The third-order valence-corrected chi connectivity index (χ3v) is 4.18. The first-order valence-electron chi connectivity index (χ1n) is 6.15. The molecule has 2 aromatic heterocycles. The average Bonchev–Trinajstić information content (AvgIpc) is 2.93. The Morgan fingerprint density at radius 3 is 2.53 bits per heavy atom. The molecule has 0 spiro atoms. The van der Waals surface area contributed by atoms with E-state index in [1.807, 2.05) is 20.8 Å². The summed E-state index contributed by atoms with van der Waals surface area (Å²) in [6.07, 6.45) is 0.787. The molecule has 19 heavy (non-hydrogen) atoms. The molecule has 0 radical (unpaired) electrons. The monoisotopic (exact) mass is 279 g/mol. The van der Waals surface area contributed by atoms with Crippen molar-refractivity contribution in [3.63, 3.8) is 0 Å². The highest BCUT2D eigenvalue weighted by Gasteiger charge is 2.20. The van der Waals surface area contributed by atoms with Gasteiger partial charge < -0.3 is 5.32 Å². The van der Waals surface area contributed by atoms with Gasteiger partial charge in [-0.2, -0.15) is 15.4 Å². The molecule has 1 amide bonds. The predicted molar refractivity (Wildman–Crippen MR) is 73.2 cm³/mol. The van der Waals surface area contributed by atoms with Crippen LogP contribution in [-0.4, -0.2) is 26.3 Å². The highest BCUT2D eigenvalue weighted by Crippen LogP contribution is 2.25. The molecule has 0 aliphatic heterocycles. The van der Waals surface area contributed by atoms with Crippen LogP contribution in [0.2, 0.25) is 0 Å². The summed E-state index contributed by atoms with van der Waals surface area (Å²) in [5.74, 6) is -0.219. The van der Waals surface area contributed by atoms with Gasteiger partial charge in [-0.05, 0) is 27.2 Å². The Hall–Kier alpha value is -1.76. The maximum Gasteiger partial charge on any atom is 0.274 e. The lowest BCUT2D eigenvalue weighted by atomic mass is 10.2. The van der Waals surface area contributed by atoms with E-state index in [2.05, 4.69) is 25.7 Å². The van der Waals surface area contributed by atoms with Gasteiger partial charge in [-0.3, -0.25) is 4.79 Å². The van der Waals surface area contributed by atoms with E-state index in [4.69, 9.17) is 0 Å². The molecular weight excluding hydrogens is 262 g/mol. The van der Waals surface area contributed by atoms with Gasteiger partial charge >= 0.3 is 0 Å². The van der Waals surface area contributed by atoms with Crippen molar-refractivity contribution < 1.29 is 4.79 Å². The molecule has 1 atom stereocenters. The second kappa shape index (κ2) is 5.48. The van der Waals surface area contributed by atoms with E-state index in [0.29, 0.717) is 11.4 Å². The molecule has 0 aromatic carbocycles. The zero-order chi connectivity index (χ0) is 14.0. The van der Waals surface area contributed by atoms with Gasteiger partial charge in [-0.25, -0.2) is 4.98 Å². The highest BCUT2D eigenvalue weighted by atomic mass is 32.1. The number of hydrogen-bond donors (Lipinski definition) is 2. The van der Waals surface area contributed by atoms with Gasteiger partial charge in [0.15, 0.2) is 5.69 Å². The average molecular weight is 279 g/mol. The number of thiazole rings is 1. The van der Waals surface area contributed by atoms with Crippen molar-refractivity contribution in [3.05, 3.63) is 27.0 Å². The van der Waals surface area contributed by atoms with Crippen molar-refractivity contribution in [2.24, 2.45) is 0 Å². The van der Waals surface area contributed by atoms with Gasteiger partial charge in [0, 0.05) is 4.88 Å². The van der Waals surface area contributed by atoms with Gasteiger partial charge in [0.05, 0.1) is 17.4 Å². The van der Waals surface area contributed by atoms with E-state index in [0.717, 1.165) is 17.1 Å². The molecule has 0 bridgehead atoms. The first-order valence-corrected chi connectivity index (χ1v) is 6.96. The fourth-order valence-electron chi connectivity index (χ4n) is 1.71. The van der Waals surface area contributed by atoms with Crippen LogP contribution in [0.25, 0.3) is 0 Å². The van der Waals surface area contributed by atoms with Crippen LogP contribution in [0.15, 0.2) is 0 Å². The molecule has 7 heteroatoms. The fourth-order valence-corrected chi connectivity index (χ4v) is 2.77. The molecule has 102 valence electrons. The largest absolute Gasteiger partial charge is 0.341 e. The molecule has 2 aromatic rings. The number of amides is 1. The molecule has 2 heterocycles. The van der Waals surface area contributed by atoms with Gasteiger partial charge in [-0.1, -0.05) is 6.92 Å². The lowest BCUT2D eigenvalue weighted by Gasteiger charge is -2.13. The van der Waals surface area contributed by atoms with Crippen LogP contribution in [-0.2, 0) is 0 Å². The molecular formula is C12H17N5OS. The van der Waals surface area contributed by atoms with Crippen molar-refractivity contribution in [1.29, 1.82) is 0 Å². The topological polar surface area (TPSA) is 83.6 Å². The summed E-state index contributed by atoms with van der Waals surface area (Å²) >= 11 is 1.62. The summed E-state index contributed by atoms with van der Waals surface area (Å²) < 4.78 is 0. The van der Waals surface area contributed by atoms with Crippen molar-refractivity contribution in [2.75, 3.05) is 0 Å². The SMILES string of the molecule is CCC(NC(=O)c1n[nH]nc1C)c1nc(C)c(C)s1. The first-order chi connectivity index (χ1) is 9.02. The number of aryl methyl sites for hydroxylation is 3. The highest BCUT2D eigenvalue weighted by molar-refractivity contribution is 7.11. The normalized spacial score (nSPS) is 12.4. The Morgan fingerprint density at radius 1 is 1.32 bits per heavy atom. The van der Waals surface area contributed by atoms with Crippen LogP contribution < -0.4 is 5.32 Å². The van der Waals surface area contributed by atoms with Gasteiger partial charge in [0.1, 0.15) is 5.01 Å². The Labute approximate surface area is 115 Å². The summed E-state index contributed by atoms with van der Waals surface area (Å²) in [6.45, 7) is 7.78. The summed E-state index contributed by atoms with van der Waals surface area (Å²) in [5.41, 5.74) is 1.95. The standard InChI is InChI=1S/C12H17N5OS/c1-5-9(12-13-6(2)8(4)19-12)14-11(18)10-7(3)15-17-16-10/h9H,5H2,1-4H3,(H,14,18)(H,15,16,17). The molecule has 0 saturated carbocycles. The number of hydrogen-bond acceptors (Lipinski definition) is 5. The lowest BCUT2D eigenvalue weighted by Crippen LogP contribution is -2.29. The van der Waals surface area contributed by atoms with Crippen LogP contribution in [0.4, 0.5) is 0 Å². The van der Waals surface area contributed by atoms with Gasteiger partial charge in [0.25, 0.3) is 5.91 Å². The van der Waals surface area contributed by atoms with E-state index in [1.54, 1.807) is 18.3 Å². The maximum absolute atomic E-state index is 12.1. The zero-order valence-electron chi connectivity index (χ0n) is 11.4. The van der Waals surface area contributed by atoms with E-state index < -0.39 is 0 Å². The van der Waals surface area contributed by atoms with Crippen molar-refractivity contribution >= 4 is 17.2 Å². The minimum Gasteiger partial charge on any atom is -0.341 e. The van der Waals surface area contributed by atoms with Gasteiger partial charge in [0.2, 0.25) is 0 Å². The van der Waals surface area contributed by atoms with Crippen LogP contribution in [0.1, 0.15) is 51.1 Å². The molecule has 2 rings (SSSR count). The second-order valence-electron chi connectivity index (χ2n) is 4.39. The predicted octanol–water partition coefficient (Wildman–Crippen LogP) is 2.07. The number of aromatic nitrogens is 4. The summed E-state index contributed by atoms with van der Waals surface area (Å²) in [4.78, 5) is 17.8. The molecule has 6 nitrogen and oxygen atoms in total. The minimum atomic E-state index is -0.219. The molecule has 2 N–H and O–H groups in total. The smallest absolute Gasteiger partial charge is 0.274 e. The first kappa shape index (κ1) is 13.7. The number of nitrogens with one attached hydrogen (secondary N) is 2. The second-order valence-corrected chi connectivity index (χ2v) is 5.62. The molecule has 0 saturated heterocycles. The van der Waals surface area contributed by atoms with E-state index in [9.17, 15) is 4.79 Å². The number of H-pyrrole nitrogens is 1.